The average molecular weight is 628 g/mol. The van der Waals surface area contributed by atoms with Crippen molar-refractivity contribution in [2.75, 3.05) is 4.90 Å². The maximum atomic E-state index is 6.88. The van der Waals surface area contributed by atoms with Crippen LogP contribution in [0.3, 0.4) is 0 Å². The summed E-state index contributed by atoms with van der Waals surface area (Å²) in [6, 6.07) is 59.4. The lowest BCUT2D eigenvalue weighted by atomic mass is 9.82. The molecule has 2 nitrogen and oxygen atoms in total. The first kappa shape index (κ1) is 27.9. The lowest BCUT2D eigenvalue weighted by Crippen LogP contribution is -2.16. The number of anilines is 3. The third-order valence-corrected chi connectivity index (χ3v) is 10.6. The third-order valence-electron chi connectivity index (χ3n) is 10.6. The lowest BCUT2D eigenvalue weighted by Gasteiger charge is -2.29. The molecule has 0 saturated heterocycles. The highest BCUT2D eigenvalue weighted by atomic mass is 16.3. The molecule has 10 rings (SSSR count). The molecule has 0 fully saturated rings. The van der Waals surface area contributed by atoms with E-state index in [-0.39, 0.29) is 5.41 Å². The first-order valence-corrected chi connectivity index (χ1v) is 17.0. The van der Waals surface area contributed by atoms with Gasteiger partial charge in [-0.05, 0) is 85.9 Å². The van der Waals surface area contributed by atoms with E-state index in [0.717, 1.165) is 55.5 Å². The minimum Gasteiger partial charge on any atom is -0.455 e. The Labute approximate surface area is 285 Å². The molecule has 0 N–H and O–H groups in total. The SMILES string of the molecule is CC1(C)c2ccccc2-c2ccc(N(c3ccc4ccccc4c3)c3cc(-c4ccccc4)c4c(c3)oc3c5ccccc5ccc34)cc21. The van der Waals surface area contributed by atoms with E-state index in [4.69, 9.17) is 4.42 Å². The quantitative estimate of drug-likeness (QED) is 0.193. The molecular formula is C47H33NO. The summed E-state index contributed by atoms with van der Waals surface area (Å²) in [5.41, 5.74) is 12.6. The van der Waals surface area contributed by atoms with Crippen molar-refractivity contribution < 1.29 is 4.42 Å². The van der Waals surface area contributed by atoms with Gasteiger partial charge in [-0.1, -0.05) is 135 Å². The topological polar surface area (TPSA) is 16.4 Å². The van der Waals surface area contributed by atoms with Crippen LogP contribution in [-0.4, -0.2) is 0 Å². The number of hydrogen-bond acceptors (Lipinski definition) is 2. The van der Waals surface area contributed by atoms with Crippen LogP contribution in [0.15, 0.2) is 168 Å². The number of furan rings is 1. The van der Waals surface area contributed by atoms with Gasteiger partial charge in [-0.3, -0.25) is 0 Å². The third kappa shape index (κ3) is 4.20. The molecule has 49 heavy (non-hydrogen) atoms. The van der Waals surface area contributed by atoms with Crippen LogP contribution >= 0.6 is 0 Å². The molecule has 0 bridgehead atoms. The summed E-state index contributed by atoms with van der Waals surface area (Å²) in [6.45, 7) is 4.69. The zero-order chi connectivity index (χ0) is 32.7. The standard InChI is InChI=1S/C47H33NO/c1-47(2)42-19-11-10-18-38(42)39-25-23-35(28-43(39)47)48(34-22-20-30-12-6-7-16-33(30)26-34)36-27-41(31-13-4-3-5-14-31)45-40-24-21-32-15-8-9-17-37(32)46(40)49-44(45)29-36/h3-29H,1-2H3. The molecule has 0 aliphatic heterocycles. The summed E-state index contributed by atoms with van der Waals surface area (Å²) in [6.07, 6.45) is 0. The molecular weight excluding hydrogens is 595 g/mol. The Hall–Kier alpha value is -6.12. The summed E-state index contributed by atoms with van der Waals surface area (Å²) in [5, 5.41) is 7.01. The molecule has 0 amide bonds. The van der Waals surface area contributed by atoms with E-state index in [9.17, 15) is 0 Å². The molecule has 0 spiro atoms. The second-order valence-electron chi connectivity index (χ2n) is 13.8. The molecule has 1 aliphatic rings. The van der Waals surface area contributed by atoms with E-state index in [1.165, 1.54) is 38.4 Å². The number of hydrogen-bond donors (Lipinski definition) is 0. The Morgan fingerprint density at radius 1 is 0.449 bits per heavy atom. The number of nitrogens with zero attached hydrogens (tertiary/aromatic N) is 1. The van der Waals surface area contributed by atoms with Crippen molar-refractivity contribution in [2.45, 2.75) is 19.3 Å². The highest BCUT2D eigenvalue weighted by Crippen LogP contribution is 2.51. The van der Waals surface area contributed by atoms with Crippen molar-refractivity contribution in [2.24, 2.45) is 0 Å². The van der Waals surface area contributed by atoms with Crippen LogP contribution in [0.4, 0.5) is 17.1 Å². The first-order valence-electron chi connectivity index (χ1n) is 17.0. The maximum Gasteiger partial charge on any atom is 0.143 e. The summed E-state index contributed by atoms with van der Waals surface area (Å²) < 4.78 is 6.88. The molecule has 1 heterocycles. The van der Waals surface area contributed by atoms with Crippen LogP contribution in [0.25, 0.3) is 65.7 Å². The molecule has 232 valence electrons. The van der Waals surface area contributed by atoms with Gasteiger partial charge in [0.25, 0.3) is 0 Å². The van der Waals surface area contributed by atoms with Gasteiger partial charge in [0, 0.05) is 39.0 Å². The maximum absolute atomic E-state index is 6.88. The van der Waals surface area contributed by atoms with Crippen LogP contribution in [0.5, 0.6) is 0 Å². The van der Waals surface area contributed by atoms with Gasteiger partial charge >= 0.3 is 0 Å². The van der Waals surface area contributed by atoms with Crippen LogP contribution in [0.2, 0.25) is 0 Å². The van der Waals surface area contributed by atoms with Crippen molar-refractivity contribution in [3.8, 4) is 22.3 Å². The van der Waals surface area contributed by atoms with Crippen LogP contribution in [0, 0.1) is 0 Å². The molecule has 0 atom stereocenters. The molecule has 0 radical (unpaired) electrons. The van der Waals surface area contributed by atoms with Gasteiger partial charge in [0.15, 0.2) is 0 Å². The average Bonchev–Trinajstić information content (AvgIpc) is 3.64. The Balaban J connectivity index is 1.27. The zero-order valence-corrected chi connectivity index (χ0v) is 27.4. The first-order chi connectivity index (χ1) is 24.0. The van der Waals surface area contributed by atoms with Gasteiger partial charge in [0.05, 0.1) is 5.69 Å². The van der Waals surface area contributed by atoms with Gasteiger partial charge in [-0.2, -0.15) is 0 Å². The van der Waals surface area contributed by atoms with Crippen molar-refractivity contribution in [3.63, 3.8) is 0 Å². The monoisotopic (exact) mass is 627 g/mol. The van der Waals surface area contributed by atoms with Crippen molar-refractivity contribution in [1.82, 2.24) is 0 Å². The Bertz CT molecular complexity index is 2750. The van der Waals surface area contributed by atoms with E-state index in [1.54, 1.807) is 0 Å². The van der Waals surface area contributed by atoms with Gasteiger partial charge < -0.3 is 9.32 Å². The van der Waals surface area contributed by atoms with E-state index < -0.39 is 0 Å². The normalized spacial score (nSPS) is 13.3. The molecule has 1 aromatic heterocycles. The number of fused-ring (bicyclic) bond motifs is 9. The van der Waals surface area contributed by atoms with Crippen molar-refractivity contribution in [3.05, 3.63) is 175 Å². The second-order valence-corrected chi connectivity index (χ2v) is 13.8. The smallest absolute Gasteiger partial charge is 0.143 e. The summed E-state index contributed by atoms with van der Waals surface area (Å²) >= 11 is 0. The highest BCUT2D eigenvalue weighted by Gasteiger charge is 2.36. The number of rotatable bonds is 4. The molecule has 2 heteroatoms. The van der Waals surface area contributed by atoms with Crippen LogP contribution in [0.1, 0.15) is 25.0 Å². The lowest BCUT2D eigenvalue weighted by molar-refractivity contribution is 0.660. The Morgan fingerprint density at radius 2 is 1.12 bits per heavy atom. The minimum atomic E-state index is -0.115. The summed E-state index contributed by atoms with van der Waals surface area (Å²) in [4.78, 5) is 2.41. The fraction of sp³-hybridized carbons (Fsp3) is 0.0638. The van der Waals surface area contributed by atoms with E-state index in [1.807, 2.05) is 0 Å². The highest BCUT2D eigenvalue weighted by molar-refractivity contribution is 6.20. The fourth-order valence-electron chi connectivity index (χ4n) is 8.19. The fourth-order valence-corrected chi connectivity index (χ4v) is 8.19. The molecule has 1 aliphatic carbocycles. The Morgan fingerprint density at radius 3 is 2.00 bits per heavy atom. The van der Waals surface area contributed by atoms with Gasteiger partial charge in [-0.25, -0.2) is 0 Å². The van der Waals surface area contributed by atoms with Crippen molar-refractivity contribution in [1.29, 1.82) is 0 Å². The van der Waals surface area contributed by atoms with Crippen LogP contribution < -0.4 is 4.90 Å². The van der Waals surface area contributed by atoms with Gasteiger partial charge in [0.2, 0.25) is 0 Å². The molecule has 0 saturated carbocycles. The zero-order valence-electron chi connectivity index (χ0n) is 27.4. The van der Waals surface area contributed by atoms with Crippen molar-refractivity contribution >= 4 is 60.5 Å². The Kier molecular flexibility index (Phi) is 5.95. The van der Waals surface area contributed by atoms with E-state index in [0.29, 0.717) is 0 Å². The largest absolute Gasteiger partial charge is 0.455 e. The number of benzene rings is 8. The predicted octanol–water partition coefficient (Wildman–Crippen LogP) is 13.3. The molecule has 9 aromatic rings. The summed E-state index contributed by atoms with van der Waals surface area (Å²) in [7, 11) is 0. The van der Waals surface area contributed by atoms with Gasteiger partial charge in [-0.15, -0.1) is 0 Å². The molecule has 8 aromatic carbocycles. The second kappa shape index (κ2) is 10.4. The minimum absolute atomic E-state index is 0.115. The van der Waals surface area contributed by atoms with E-state index in [2.05, 4.69) is 183 Å². The predicted molar refractivity (Wildman–Crippen MR) is 206 cm³/mol. The van der Waals surface area contributed by atoms with E-state index >= 15 is 0 Å². The van der Waals surface area contributed by atoms with Gasteiger partial charge in [0.1, 0.15) is 11.2 Å². The molecule has 0 unspecified atom stereocenters. The summed E-state index contributed by atoms with van der Waals surface area (Å²) in [5.74, 6) is 0. The van der Waals surface area contributed by atoms with Crippen LogP contribution in [-0.2, 0) is 5.41 Å².